The number of para-hydroxylation sites is 2. The van der Waals surface area contributed by atoms with E-state index >= 15 is 4.79 Å². The second-order valence-corrected chi connectivity index (χ2v) is 23.4. The maximum atomic E-state index is 15.9. The minimum atomic E-state index is -0.0562. The lowest BCUT2D eigenvalue weighted by atomic mass is 9.86. The minimum absolute atomic E-state index is 0.0275. The van der Waals surface area contributed by atoms with E-state index in [1.807, 2.05) is 24.3 Å². The number of nitrogens with zero attached hydrogens (tertiary/aromatic N) is 2. The van der Waals surface area contributed by atoms with Gasteiger partial charge in [-0.2, -0.15) is 0 Å². The normalized spacial score (nSPS) is 13.2. The van der Waals surface area contributed by atoms with Crippen LogP contribution in [0.4, 0.5) is 34.1 Å². The van der Waals surface area contributed by atoms with Crippen LogP contribution in [0.15, 0.2) is 167 Å². The zero-order chi connectivity index (χ0) is 49.2. The van der Waals surface area contributed by atoms with E-state index in [4.69, 9.17) is 8.83 Å². The molecule has 8 aromatic carbocycles. The van der Waals surface area contributed by atoms with Crippen molar-refractivity contribution in [3.8, 4) is 11.1 Å². The van der Waals surface area contributed by atoms with Crippen molar-refractivity contribution in [3.63, 3.8) is 0 Å². The summed E-state index contributed by atoms with van der Waals surface area (Å²) < 4.78 is 14.2. The maximum absolute atomic E-state index is 15.9. The number of carbonyl (C=O) groups excluding carboxylic acids is 1. The fourth-order valence-electron chi connectivity index (χ4n) is 10.4. The third kappa shape index (κ3) is 7.40. The largest absolute Gasteiger partial charge is 0.455 e. The summed E-state index contributed by atoms with van der Waals surface area (Å²) in [6.45, 7) is 26.9. The second kappa shape index (κ2) is 15.8. The number of ketones is 1. The Hall–Kier alpha value is -7.37. The Morgan fingerprint density at radius 3 is 1.09 bits per heavy atom. The van der Waals surface area contributed by atoms with Gasteiger partial charge in [-0.3, -0.25) is 4.79 Å². The highest BCUT2D eigenvalue weighted by molar-refractivity contribution is 6.35. The molecule has 2 heterocycles. The average Bonchev–Trinajstić information content (AvgIpc) is 3.99. The van der Waals surface area contributed by atoms with Crippen LogP contribution < -0.4 is 9.80 Å². The molecule has 2 aromatic heterocycles. The number of fused-ring (bicyclic) bond motifs is 11. The minimum Gasteiger partial charge on any atom is -0.455 e. The van der Waals surface area contributed by atoms with Crippen molar-refractivity contribution < 1.29 is 13.6 Å². The summed E-state index contributed by atoms with van der Waals surface area (Å²) in [5.41, 5.74) is 16.1. The molecule has 10 aromatic rings. The molecule has 0 N–H and O–H groups in total. The molecule has 0 spiro atoms. The summed E-state index contributed by atoms with van der Waals surface area (Å²) in [5.74, 6) is -0.0562. The van der Waals surface area contributed by atoms with Gasteiger partial charge >= 0.3 is 0 Å². The van der Waals surface area contributed by atoms with Crippen LogP contribution in [0.25, 0.3) is 55.0 Å². The number of rotatable bonds is 6. The Morgan fingerprint density at radius 2 is 0.686 bits per heavy atom. The van der Waals surface area contributed by atoms with Gasteiger partial charge < -0.3 is 18.6 Å². The van der Waals surface area contributed by atoms with Gasteiger partial charge in [-0.15, -0.1) is 0 Å². The van der Waals surface area contributed by atoms with Crippen LogP contribution >= 0.6 is 0 Å². The fourth-order valence-corrected chi connectivity index (χ4v) is 10.4. The second-order valence-electron chi connectivity index (χ2n) is 23.4. The number of hydrogen-bond acceptors (Lipinski definition) is 5. The Kier molecular flexibility index (Phi) is 10.2. The molecular weight excluding hydrogens is 857 g/mol. The number of hydrogen-bond donors (Lipinski definition) is 0. The maximum Gasteiger partial charge on any atom is 0.194 e. The van der Waals surface area contributed by atoms with Crippen molar-refractivity contribution in [2.75, 3.05) is 9.80 Å². The highest BCUT2D eigenvalue weighted by Crippen LogP contribution is 2.56. The monoisotopic (exact) mass is 918 g/mol. The molecular formula is C65H62N2O3. The van der Waals surface area contributed by atoms with Crippen LogP contribution in [0.3, 0.4) is 0 Å². The van der Waals surface area contributed by atoms with Crippen molar-refractivity contribution in [2.45, 2.75) is 105 Å². The van der Waals surface area contributed by atoms with Gasteiger partial charge in [0.25, 0.3) is 0 Å². The molecule has 0 unspecified atom stereocenters. The molecule has 5 heteroatoms. The van der Waals surface area contributed by atoms with Crippen molar-refractivity contribution >= 4 is 83.8 Å². The SMILES string of the molecule is CC(C)(C)c1ccc(N(c2ccc(C(C)(C)C)cc2)c2cc3c(c4c2oc2ccccc24)-c2c(cc(N(c4ccc(C(C)(C)C)cc4)c4ccc(C(C)(C)C)cc4)c4c2oc2ccccc24)C3=O)cc1. The first-order valence-electron chi connectivity index (χ1n) is 24.7. The lowest BCUT2D eigenvalue weighted by Crippen LogP contribution is -2.15. The van der Waals surface area contributed by atoms with Gasteiger partial charge in [0, 0.05) is 61.2 Å². The van der Waals surface area contributed by atoms with E-state index < -0.39 is 0 Å². The molecule has 350 valence electrons. The van der Waals surface area contributed by atoms with Gasteiger partial charge in [0.15, 0.2) is 11.4 Å². The Bertz CT molecular complexity index is 3560. The summed E-state index contributed by atoms with van der Waals surface area (Å²) >= 11 is 0. The molecule has 1 aliphatic rings. The summed E-state index contributed by atoms with van der Waals surface area (Å²) in [5, 5.41) is 3.75. The van der Waals surface area contributed by atoms with E-state index in [2.05, 4.69) is 226 Å². The van der Waals surface area contributed by atoms with Gasteiger partial charge in [-0.05, 0) is 117 Å². The molecule has 70 heavy (non-hydrogen) atoms. The molecule has 0 fully saturated rings. The summed E-state index contributed by atoms with van der Waals surface area (Å²) in [6, 6.07) is 56.0. The zero-order valence-corrected chi connectivity index (χ0v) is 42.6. The molecule has 0 radical (unpaired) electrons. The van der Waals surface area contributed by atoms with E-state index in [1.54, 1.807) is 0 Å². The third-order valence-corrected chi connectivity index (χ3v) is 14.4. The van der Waals surface area contributed by atoms with E-state index in [0.717, 1.165) is 78.0 Å². The lowest BCUT2D eigenvalue weighted by Gasteiger charge is -2.29. The highest BCUT2D eigenvalue weighted by Gasteiger charge is 2.38. The smallest absolute Gasteiger partial charge is 0.194 e. The van der Waals surface area contributed by atoms with Crippen molar-refractivity contribution in [3.05, 3.63) is 191 Å². The van der Waals surface area contributed by atoms with E-state index in [0.29, 0.717) is 22.3 Å². The van der Waals surface area contributed by atoms with Crippen molar-refractivity contribution in [1.82, 2.24) is 0 Å². The van der Waals surface area contributed by atoms with Crippen molar-refractivity contribution in [2.24, 2.45) is 0 Å². The van der Waals surface area contributed by atoms with Gasteiger partial charge in [-0.1, -0.05) is 168 Å². The molecule has 11 rings (SSSR count). The topological polar surface area (TPSA) is 49.8 Å². The van der Waals surface area contributed by atoms with E-state index in [-0.39, 0.29) is 27.4 Å². The lowest BCUT2D eigenvalue weighted by molar-refractivity contribution is 0.104. The van der Waals surface area contributed by atoms with Gasteiger partial charge in [0.1, 0.15) is 16.7 Å². The first kappa shape index (κ1) is 45.1. The Labute approximate surface area is 412 Å². The highest BCUT2D eigenvalue weighted by atomic mass is 16.3. The van der Waals surface area contributed by atoms with Crippen LogP contribution in [0.1, 0.15) is 121 Å². The standard InChI is InChI=1S/C65H62N2O3/c1-62(2,3)39-21-29-43(30-22-39)66(44-31-23-40(24-32-44)63(4,5)6)51-37-50-58(61-55(51)47-17-13-15-19-53(47)70-61)56-49(59(50)68)38-52(60-57(56)48-18-14-16-20-54(48)69-60)67(45-33-25-41(26-34-45)64(7,8)9)46-35-27-42(28-36-46)65(10,11)12/h13-38H,1-12H3. The van der Waals surface area contributed by atoms with E-state index in [1.165, 1.54) is 22.3 Å². The first-order valence-corrected chi connectivity index (χ1v) is 24.7. The van der Waals surface area contributed by atoms with Crippen LogP contribution in [-0.4, -0.2) is 5.78 Å². The fraction of sp³-hybridized carbons (Fsp3) is 0.246. The number of benzene rings is 8. The number of furan rings is 2. The average molecular weight is 919 g/mol. The molecule has 1 aliphatic carbocycles. The van der Waals surface area contributed by atoms with Crippen LogP contribution in [-0.2, 0) is 21.7 Å². The quantitative estimate of drug-likeness (QED) is 0.166. The number of carbonyl (C=O) groups is 1. The summed E-state index contributed by atoms with van der Waals surface area (Å²) in [6.07, 6.45) is 0. The Morgan fingerprint density at radius 1 is 0.357 bits per heavy atom. The van der Waals surface area contributed by atoms with Crippen LogP contribution in [0.5, 0.6) is 0 Å². The van der Waals surface area contributed by atoms with Gasteiger partial charge in [0.2, 0.25) is 0 Å². The van der Waals surface area contributed by atoms with Crippen molar-refractivity contribution in [1.29, 1.82) is 0 Å². The predicted octanol–water partition coefficient (Wildman–Crippen LogP) is 18.8. The van der Waals surface area contributed by atoms with Crippen LogP contribution in [0.2, 0.25) is 0 Å². The molecule has 0 amide bonds. The summed E-state index contributed by atoms with van der Waals surface area (Å²) in [7, 11) is 0. The van der Waals surface area contributed by atoms with Gasteiger partial charge in [0.05, 0.1) is 16.8 Å². The first-order chi connectivity index (χ1) is 33.2. The van der Waals surface area contributed by atoms with Gasteiger partial charge in [-0.25, -0.2) is 0 Å². The Balaban J connectivity index is 1.21. The third-order valence-electron chi connectivity index (χ3n) is 14.4. The predicted molar refractivity (Wildman–Crippen MR) is 294 cm³/mol. The molecule has 0 saturated carbocycles. The van der Waals surface area contributed by atoms with E-state index in [9.17, 15) is 0 Å². The molecule has 0 bridgehead atoms. The molecule has 0 atom stereocenters. The summed E-state index contributed by atoms with van der Waals surface area (Å²) in [4.78, 5) is 20.4. The molecule has 0 aliphatic heterocycles. The van der Waals surface area contributed by atoms with Crippen LogP contribution in [0, 0.1) is 0 Å². The molecule has 0 saturated heterocycles. The molecule has 5 nitrogen and oxygen atoms in total. The zero-order valence-electron chi connectivity index (χ0n) is 42.6. The number of anilines is 6.